The molecule has 0 spiro atoms. The van der Waals surface area contributed by atoms with Crippen molar-refractivity contribution in [2.45, 2.75) is 13.8 Å². The first-order chi connectivity index (χ1) is 7.50. The molecule has 1 aromatic carbocycles. The van der Waals surface area contributed by atoms with Crippen LogP contribution < -0.4 is 28.9 Å². The van der Waals surface area contributed by atoms with Gasteiger partial charge < -0.3 is 17.7 Å². The molecule has 0 aliphatic carbocycles. The number of aryl methyl sites for hydroxylation is 2. The first-order valence-electron chi connectivity index (χ1n) is 4.87. The van der Waals surface area contributed by atoms with E-state index in [9.17, 15) is 4.79 Å². The molecule has 1 amide bonds. The van der Waals surface area contributed by atoms with Gasteiger partial charge in [0.05, 0.1) is 5.75 Å². The van der Waals surface area contributed by atoms with Crippen molar-refractivity contribution in [3.63, 3.8) is 0 Å². The van der Waals surface area contributed by atoms with Crippen molar-refractivity contribution in [2.75, 3.05) is 11.1 Å². The maximum Gasteiger partial charge on any atom is 0.300 e. The number of amides is 1. The molecule has 0 heterocycles. The van der Waals surface area contributed by atoms with Gasteiger partial charge in [0.25, 0.3) is 5.17 Å². The summed E-state index contributed by atoms with van der Waals surface area (Å²) < 4.78 is 0. The first kappa shape index (κ1) is 15.8. The van der Waals surface area contributed by atoms with E-state index < -0.39 is 0 Å². The molecule has 1 aromatic rings. The lowest BCUT2D eigenvalue weighted by atomic mass is 10.1. The van der Waals surface area contributed by atoms with E-state index in [2.05, 4.69) is 5.32 Å². The number of thioether (sulfide) groups is 1. The Labute approximate surface area is 111 Å². The molecule has 0 aliphatic rings. The minimum absolute atomic E-state index is 0. The number of nitrogens with two attached hydrogens (primary N) is 2. The van der Waals surface area contributed by atoms with Gasteiger partial charge in [0.15, 0.2) is 0 Å². The predicted octanol–water partition coefficient (Wildman–Crippen LogP) is -2.95. The largest absolute Gasteiger partial charge is 1.00 e. The van der Waals surface area contributed by atoms with Crippen LogP contribution in [0.2, 0.25) is 0 Å². The lowest BCUT2D eigenvalue weighted by molar-refractivity contribution is -0.114. The van der Waals surface area contributed by atoms with E-state index in [1.807, 2.05) is 32.0 Å². The van der Waals surface area contributed by atoms with Crippen molar-refractivity contribution < 1.29 is 22.6 Å². The van der Waals surface area contributed by atoms with Crippen LogP contribution in [0.5, 0.6) is 0 Å². The Bertz CT molecular complexity index is 403. The Hall–Kier alpha value is -1.20. The van der Waals surface area contributed by atoms with E-state index in [0.29, 0.717) is 0 Å². The lowest BCUT2D eigenvalue weighted by Crippen LogP contribution is -3.00. The van der Waals surface area contributed by atoms with E-state index in [1.165, 1.54) is 0 Å². The summed E-state index contributed by atoms with van der Waals surface area (Å²) >= 11 is 1.13. The average Bonchev–Trinajstić information content (AvgIpc) is 2.21. The van der Waals surface area contributed by atoms with Crippen LogP contribution in [0.15, 0.2) is 18.2 Å². The standard InChI is InChI=1S/C11H15N3OS.ClH/c1-7-4-3-5-8(2)10(7)14-9(15)6-16-11(12)13;/h3-5H,6H2,1-2H3,(H3,12,13)(H,14,15);1H. The molecule has 6 heteroatoms. The maximum absolute atomic E-state index is 11.6. The monoisotopic (exact) mass is 273 g/mol. The van der Waals surface area contributed by atoms with Crippen molar-refractivity contribution in [3.8, 4) is 0 Å². The van der Waals surface area contributed by atoms with Gasteiger partial charge in [-0.25, -0.2) is 0 Å². The number of para-hydroxylation sites is 1. The van der Waals surface area contributed by atoms with Crippen molar-refractivity contribution >= 4 is 28.5 Å². The highest BCUT2D eigenvalue weighted by molar-refractivity contribution is 8.14. The van der Waals surface area contributed by atoms with E-state index in [-0.39, 0.29) is 29.2 Å². The zero-order valence-electron chi connectivity index (χ0n) is 9.79. The number of carbonyl (C=O) groups is 1. The Morgan fingerprint density at radius 1 is 1.41 bits per heavy atom. The summed E-state index contributed by atoms with van der Waals surface area (Å²) in [5.74, 6) is 0.131. The van der Waals surface area contributed by atoms with E-state index in [0.717, 1.165) is 28.6 Å². The van der Waals surface area contributed by atoms with E-state index >= 15 is 0 Å². The van der Waals surface area contributed by atoms with Crippen LogP contribution in [0.4, 0.5) is 5.69 Å². The Morgan fingerprint density at radius 3 is 2.41 bits per heavy atom. The second-order valence-electron chi connectivity index (χ2n) is 3.51. The normalized spacial score (nSPS) is 9.29. The summed E-state index contributed by atoms with van der Waals surface area (Å²) in [5, 5.41) is 8.33. The van der Waals surface area contributed by atoms with Crippen LogP contribution in [-0.2, 0) is 4.79 Å². The predicted molar refractivity (Wildman–Crippen MR) is 68.1 cm³/mol. The molecule has 0 unspecified atom stereocenters. The smallest absolute Gasteiger partial charge is 0.300 e. The summed E-state index contributed by atoms with van der Waals surface area (Å²) in [6.45, 7) is 3.92. The molecule has 0 saturated heterocycles. The third kappa shape index (κ3) is 5.10. The Morgan fingerprint density at radius 2 is 1.94 bits per heavy atom. The molecule has 1 rings (SSSR count). The first-order valence-corrected chi connectivity index (χ1v) is 5.86. The van der Waals surface area contributed by atoms with Crippen LogP contribution in [0.3, 0.4) is 0 Å². The van der Waals surface area contributed by atoms with Gasteiger partial charge in [0.2, 0.25) is 5.91 Å². The summed E-state index contributed by atoms with van der Waals surface area (Å²) in [7, 11) is 0. The maximum atomic E-state index is 11.6. The number of carbonyl (C=O) groups excluding carboxylic acids is 1. The quantitative estimate of drug-likeness (QED) is 0.407. The van der Waals surface area contributed by atoms with Gasteiger partial charge in [-0.3, -0.25) is 15.9 Å². The fraction of sp³-hybridized carbons (Fsp3) is 0.273. The summed E-state index contributed by atoms with van der Waals surface area (Å²) in [4.78, 5) is 11.6. The van der Waals surface area contributed by atoms with Gasteiger partial charge in [-0.1, -0.05) is 18.2 Å². The highest BCUT2D eigenvalue weighted by atomic mass is 35.5. The molecule has 4 nitrogen and oxygen atoms in total. The van der Waals surface area contributed by atoms with Gasteiger partial charge in [-0.2, -0.15) is 0 Å². The summed E-state index contributed by atoms with van der Waals surface area (Å²) in [6, 6.07) is 5.87. The summed E-state index contributed by atoms with van der Waals surface area (Å²) in [6.07, 6.45) is 0. The third-order valence-corrected chi connectivity index (χ3v) is 2.86. The molecular weight excluding hydrogens is 258 g/mol. The number of nitrogens with one attached hydrogen (secondary N) is 1. The fourth-order valence-electron chi connectivity index (χ4n) is 1.34. The molecule has 0 bridgehead atoms. The van der Waals surface area contributed by atoms with Crippen LogP contribution in [-0.4, -0.2) is 16.8 Å². The number of benzene rings is 1. The van der Waals surface area contributed by atoms with Crippen LogP contribution in [0, 0.1) is 13.8 Å². The third-order valence-electron chi connectivity index (χ3n) is 2.12. The zero-order chi connectivity index (χ0) is 12.1. The lowest BCUT2D eigenvalue weighted by Gasteiger charge is -2.10. The topological polar surface area (TPSA) is 80.7 Å². The van der Waals surface area contributed by atoms with Gasteiger partial charge in [0.1, 0.15) is 0 Å². The molecular formula is C11H16ClN3OS. The van der Waals surface area contributed by atoms with Crippen molar-refractivity contribution in [3.05, 3.63) is 29.3 Å². The van der Waals surface area contributed by atoms with E-state index in [1.54, 1.807) is 0 Å². The minimum Gasteiger partial charge on any atom is -1.00 e. The molecule has 94 valence electrons. The van der Waals surface area contributed by atoms with Crippen molar-refractivity contribution in [2.24, 2.45) is 5.73 Å². The van der Waals surface area contributed by atoms with Crippen LogP contribution in [0.25, 0.3) is 0 Å². The summed E-state index contributed by atoms with van der Waals surface area (Å²) in [5.41, 5.74) is 8.22. The zero-order valence-corrected chi connectivity index (χ0v) is 11.4. The Kier molecular flexibility index (Phi) is 6.68. The van der Waals surface area contributed by atoms with Crippen LogP contribution in [0.1, 0.15) is 11.1 Å². The molecule has 0 fully saturated rings. The number of hydrogen-bond donors (Lipinski definition) is 3. The second-order valence-corrected chi connectivity index (χ2v) is 4.55. The number of halogens is 1. The second kappa shape index (κ2) is 7.19. The average molecular weight is 274 g/mol. The SMILES string of the molecule is Cc1cccc(C)c1NC(=O)CSC(N)=[NH2+].[Cl-]. The van der Waals surface area contributed by atoms with Gasteiger partial charge in [-0.15, -0.1) is 0 Å². The fourth-order valence-corrected chi connectivity index (χ4v) is 1.71. The highest BCUT2D eigenvalue weighted by Gasteiger charge is 2.08. The van der Waals surface area contributed by atoms with Gasteiger partial charge in [-0.05, 0) is 36.7 Å². The van der Waals surface area contributed by atoms with Crippen molar-refractivity contribution in [1.82, 2.24) is 0 Å². The minimum atomic E-state index is -0.101. The number of rotatable bonds is 3. The number of amidine groups is 1. The Balaban J connectivity index is 0.00000256. The molecule has 5 N–H and O–H groups in total. The number of anilines is 1. The highest BCUT2D eigenvalue weighted by Crippen LogP contribution is 2.19. The molecule has 0 radical (unpaired) electrons. The molecule has 17 heavy (non-hydrogen) atoms. The molecule has 0 aromatic heterocycles. The molecule has 0 aliphatic heterocycles. The molecule has 0 saturated carbocycles. The number of hydrogen-bond acceptors (Lipinski definition) is 2. The van der Waals surface area contributed by atoms with Gasteiger partial charge >= 0.3 is 0 Å². The van der Waals surface area contributed by atoms with Gasteiger partial charge in [0, 0.05) is 5.69 Å². The van der Waals surface area contributed by atoms with E-state index in [4.69, 9.17) is 11.1 Å². The van der Waals surface area contributed by atoms with Crippen LogP contribution >= 0.6 is 11.8 Å². The molecule has 0 atom stereocenters. The van der Waals surface area contributed by atoms with Crippen molar-refractivity contribution in [1.29, 1.82) is 0 Å².